The molecule has 2 atom stereocenters. The molecule has 0 unspecified atom stereocenters. The first-order valence-corrected chi connectivity index (χ1v) is 11.0. The Hall–Kier alpha value is -1.93. The molecule has 0 radical (unpaired) electrons. The molecule has 2 aliphatic heterocycles. The van der Waals surface area contributed by atoms with E-state index in [1.807, 2.05) is 31.2 Å². The van der Waals surface area contributed by atoms with Gasteiger partial charge in [0, 0.05) is 24.7 Å². The zero-order chi connectivity index (χ0) is 19.6. The molecule has 6 nitrogen and oxygen atoms in total. The van der Waals surface area contributed by atoms with Crippen molar-refractivity contribution in [2.75, 3.05) is 32.9 Å². The maximum atomic E-state index is 12.9. The molecule has 1 saturated heterocycles. The molecule has 7 heteroatoms. The molecule has 0 N–H and O–H groups in total. The summed E-state index contributed by atoms with van der Waals surface area (Å²) < 4.78 is 43.1. The van der Waals surface area contributed by atoms with Crippen LogP contribution in [0.25, 0.3) is 0 Å². The van der Waals surface area contributed by atoms with Crippen LogP contribution in [0.3, 0.4) is 0 Å². The smallest absolute Gasteiger partial charge is 0.297 e. The van der Waals surface area contributed by atoms with Crippen molar-refractivity contribution in [1.82, 2.24) is 4.90 Å². The zero-order valence-corrected chi connectivity index (χ0v) is 16.7. The molecule has 4 rings (SSSR count). The Labute approximate surface area is 166 Å². The number of hydrogen-bond donors (Lipinski definition) is 0. The molecule has 2 aliphatic rings. The molecule has 2 heterocycles. The van der Waals surface area contributed by atoms with E-state index in [1.165, 1.54) is 0 Å². The van der Waals surface area contributed by atoms with Crippen molar-refractivity contribution in [3.8, 4) is 5.75 Å². The second-order valence-corrected chi connectivity index (χ2v) is 8.81. The summed E-state index contributed by atoms with van der Waals surface area (Å²) in [6.07, 6.45) is -0.0555. The first-order valence-electron chi connectivity index (χ1n) is 9.56. The minimum Gasteiger partial charge on any atom is -0.492 e. The molecule has 0 bridgehead atoms. The second-order valence-electron chi connectivity index (χ2n) is 7.24. The highest BCUT2D eigenvalue weighted by atomic mass is 32.2. The van der Waals surface area contributed by atoms with Crippen LogP contribution in [0.5, 0.6) is 5.75 Å². The van der Waals surface area contributed by atoms with Crippen molar-refractivity contribution in [2.45, 2.75) is 30.4 Å². The highest BCUT2D eigenvalue weighted by molar-refractivity contribution is 7.86. The maximum Gasteiger partial charge on any atom is 0.297 e. The topological polar surface area (TPSA) is 65.1 Å². The normalized spacial score (nSPS) is 23.5. The zero-order valence-electron chi connectivity index (χ0n) is 15.9. The molecule has 0 aliphatic carbocycles. The molecule has 150 valence electrons. The number of ether oxygens (including phenoxy) is 2. The number of morpholine rings is 1. The van der Waals surface area contributed by atoms with Crippen LogP contribution >= 0.6 is 0 Å². The molecule has 0 saturated carbocycles. The summed E-state index contributed by atoms with van der Waals surface area (Å²) in [5.41, 5.74) is 1.77. The van der Waals surface area contributed by atoms with Gasteiger partial charge in [0.25, 0.3) is 10.1 Å². The van der Waals surface area contributed by atoms with Gasteiger partial charge in [0.15, 0.2) is 0 Å². The molecular formula is C21H25NO5S. The van der Waals surface area contributed by atoms with E-state index in [9.17, 15) is 8.42 Å². The summed E-state index contributed by atoms with van der Waals surface area (Å²) in [7, 11) is -3.89. The average Bonchev–Trinajstić information content (AvgIpc) is 2.89. The SMILES string of the molecule is Cc1ccc(S(=O)(=O)O[C@@H]2C[C@H](N3CCOCC3)COc3ccccc32)cc1. The summed E-state index contributed by atoms with van der Waals surface area (Å²) in [5, 5.41) is 0. The fourth-order valence-corrected chi connectivity index (χ4v) is 4.78. The third kappa shape index (κ3) is 4.22. The lowest BCUT2D eigenvalue weighted by atomic mass is 10.0. The lowest BCUT2D eigenvalue weighted by Crippen LogP contribution is -2.46. The molecule has 28 heavy (non-hydrogen) atoms. The van der Waals surface area contributed by atoms with Gasteiger partial charge in [0.05, 0.1) is 18.1 Å². The van der Waals surface area contributed by atoms with Crippen LogP contribution in [0.4, 0.5) is 0 Å². The van der Waals surface area contributed by atoms with E-state index in [-0.39, 0.29) is 10.9 Å². The van der Waals surface area contributed by atoms with E-state index in [2.05, 4.69) is 4.90 Å². The van der Waals surface area contributed by atoms with E-state index in [0.29, 0.717) is 32.0 Å². The monoisotopic (exact) mass is 403 g/mol. The first-order chi connectivity index (χ1) is 13.5. The number of aryl methyl sites for hydroxylation is 1. The first kappa shape index (κ1) is 19.4. The number of hydrogen-bond acceptors (Lipinski definition) is 6. The molecule has 0 amide bonds. The van der Waals surface area contributed by atoms with E-state index in [4.69, 9.17) is 13.7 Å². The van der Waals surface area contributed by atoms with Gasteiger partial charge < -0.3 is 9.47 Å². The predicted molar refractivity (Wildman–Crippen MR) is 105 cm³/mol. The molecule has 1 fully saturated rings. The molecule has 2 aromatic carbocycles. The van der Waals surface area contributed by atoms with Gasteiger partial charge in [-0.3, -0.25) is 9.08 Å². The van der Waals surface area contributed by atoms with Crippen molar-refractivity contribution in [1.29, 1.82) is 0 Å². The number of benzene rings is 2. The predicted octanol–water partition coefficient (Wildman–Crippen LogP) is 2.92. The van der Waals surface area contributed by atoms with E-state index in [0.717, 1.165) is 24.2 Å². The van der Waals surface area contributed by atoms with Crippen LogP contribution in [0.1, 0.15) is 23.7 Å². The van der Waals surface area contributed by atoms with E-state index < -0.39 is 16.2 Å². The van der Waals surface area contributed by atoms with Crippen LogP contribution in [0.15, 0.2) is 53.4 Å². The van der Waals surface area contributed by atoms with Gasteiger partial charge in [0.2, 0.25) is 0 Å². The number of fused-ring (bicyclic) bond motifs is 1. The van der Waals surface area contributed by atoms with Crippen LogP contribution < -0.4 is 4.74 Å². The highest BCUT2D eigenvalue weighted by Crippen LogP contribution is 2.37. The quantitative estimate of drug-likeness (QED) is 0.732. The average molecular weight is 404 g/mol. The third-order valence-electron chi connectivity index (χ3n) is 5.30. The Balaban J connectivity index is 1.62. The summed E-state index contributed by atoms with van der Waals surface area (Å²) >= 11 is 0. The highest BCUT2D eigenvalue weighted by Gasteiger charge is 2.33. The number of nitrogens with zero attached hydrogens (tertiary/aromatic N) is 1. The Bertz CT molecular complexity index is 907. The van der Waals surface area contributed by atoms with Crippen molar-refractivity contribution < 1.29 is 22.1 Å². The standard InChI is InChI=1S/C21H25NO5S/c1-16-6-8-18(9-7-16)28(23,24)27-21-14-17(22-10-12-25-13-11-22)15-26-20-5-3-2-4-19(20)21/h2-9,17,21H,10-15H2,1H3/t17-,21+/m0/s1. The molecule has 0 spiro atoms. The Morgan fingerprint density at radius 1 is 1.04 bits per heavy atom. The van der Waals surface area contributed by atoms with Gasteiger partial charge in [0.1, 0.15) is 18.5 Å². The van der Waals surface area contributed by atoms with Gasteiger partial charge in [-0.2, -0.15) is 8.42 Å². The molecule has 0 aromatic heterocycles. The summed E-state index contributed by atoms with van der Waals surface area (Å²) in [6.45, 7) is 5.39. The Morgan fingerprint density at radius 2 is 1.75 bits per heavy atom. The Morgan fingerprint density at radius 3 is 2.50 bits per heavy atom. The lowest BCUT2D eigenvalue weighted by molar-refractivity contribution is -0.00160. The van der Waals surface area contributed by atoms with Crippen LogP contribution in [-0.2, 0) is 19.0 Å². The second kappa shape index (κ2) is 8.21. The number of rotatable bonds is 4. The van der Waals surface area contributed by atoms with Crippen molar-refractivity contribution >= 4 is 10.1 Å². The molecule has 2 aromatic rings. The third-order valence-corrected chi connectivity index (χ3v) is 6.63. The summed E-state index contributed by atoms with van der Waals surface area (Å²) in [5.74, 6) is 0.683. The fourth-order valence-electron chi connectivity index (χ4n) is 3.71. The van der Waals surface area contributed by atoms with Crippen molar-refractivity contribution in [3.63, 3.8) is 0 Å². The minimum absolute atomic E-state index is 0.0644. The number of para-hydroxylation sites is 1. The summed E-state index contributed by atoms with van der Waals surface area (Å²) in [6, 6.07) is 14.3. The van der Waals surface area contributed by atoms with Crippen LogP contribution in [0, 0.1) is 6.92 Å². The Kier molecular flexibility index (Phi) is 5.68. The van der Waals surface area contributed by atoms with Gasteiger partial charge in [-0.15, -0.1) is 0 Å². The van der Waals surface area contributed by atoms with E-state index in [1.54, 1.807) is 24.3 Å². The largest absolute Gasteiger partial charge is 0.492 e. The van der Waals surface area contributed by atoms with Crippen LogP contribution in [0.2, 0.25) is 0 Å². The van der Waals surface area contributed by atoms with Gasteiger partial charge in [-0.25, -0.2) is 0 Å². The van der Waals surface area contributed by atoms with Crippen molar-refractivity contribution in [2.24, 2.45) is 0 Å². The maximum absolute atomic E-state index is 12.9. The lowest BCUT2D eigenvalue weighted by Gasteiger charge is -2.34. The molecular weight excluding hydrogens is 378 g/mol. The van der Waals surface area contributed by atoms with E-state index >= 15 is 0 Å². The van der Waals surface area contributed by atoms with Crippen LogP contribution in [-0.4, -0.2) is 52.3 Å². The fraction of sp³-hybridized carbons (Fsp3) is 0.429. The van der Waals surface area contributed by atoms with Gasteiger partial charge in [-0.1, -0.05) is 35.9 Å². The van der Waals surface area contributed by atoms with Gasteiger partial charge >= 0.3 is 0 Å². The summed E-state index contributed by atoms with van der Waals surface area (Å²) in [4.78, 5) is 2.47. The minimum atomic E-state index is -3.89. The van der Waals surface area contributed by atoms with Gasteiger partial charge in [-0.05, 0) is 31.5 Å². The van der Waals surface area contributed by atoms with Crippen molar-refractivity contribution in [3.05, 3.63) is 59.7 Å².